The second-order valence-corrected chi connectivity index (χ2v) is 10.2. The van der Waals surface area contributed by atoms with Crippen molar-refractivity contribution in [3.63, 3.8) is 0 Å². The van der Waals surface area contributed by atoms with E-state index in [4.69, 9.17) is 0 Å². The predicted molar refractivity (Wildman–Crippen MR) is 126 cm³/mol. The van der Waals surface area contributed by atoms with Crippen LogP contribution < -0.4 is 10.6 Å². The minimum Gasteiger partial charge on any atom is -0.352 e. The molecule has 3 aliphatic rings. The van der Waals surface area contributed by atoms with E-state index in [-0.39, 0.29) is 25.2 Å². The molecule has 2 saturated carbocycles. The molecule has 2 aromatic rings. The molecule has 0 aliphatic heterocycles. The number of hydrogen-bond donors (Lipinski definition) is 2. The second kappa shape index (κ2) is 8.64. The third kappa shape index (κ3) is 4.69. The maximum atomic E-state index is 13.1. The number of nitrogens with one attached hydrogen (secondary N) is 2. The van der Waals surface area contributed by atoms with Crippen molar-refractivity contribution in [2.45, 2.75) is 57.9 Å². The summed E-state index contributed by atoms with van der Waals surface area (Å²) in [7, 11) is 1.84. The van der Waals surface area contributed by atoms with E-state index >= 15 is 0 Å². The van der Waals surface area contributed by atoms with Crippen LogP contribution in [0.3, 0.4) is 0 Å². The van der Waals surface area contributed by atoms with Crippen LogP contribution in [0.25, 0.3) is 0 Å². The van der Waals surface area contributed by atoms with Gasteiger partial charge in [0.05, 0.1) is 23.3 Å². The first-order valence-electron chi connectivity index (χ1n) is 11.4. The van der Waals surface area contributed by atoms with Crippen LogP contribution in [-0.2, 0) is 24.7 Å². The van der Waals surface area contributed by atoms with Crippen molar-refractivity contribution in [3.05, 3.63) is 27.8 Å². The highest BCUT2D eigenvalue weighted by atomic mass is 32.1. The molecular formula is C23H30N6O2S. The van der Waals surface area contributed by atoms with Crippen LogP contribution in [0.4, 0.5) is 10.8 Å². The summed E-state index contributed by atoms with van der Waals surface area (Å²) in [5.74, 6) is 1.36. The summed E-state index contributed by atoms with van der Waals surface area (Å²) >= 11 is 1.55. The maximum absolute atomic E-state index is 13.1. The molecule has 0 aromatic carbocycles. The lowest BCUT2D eigenvalue weighted by Crippen LogP contribution is -2.28. The number of amides is 2. The lowest BCUT2D eigenvalue weighted by Gasteiger charge is -2.18. The van der Waals surface area contributed by atoms with Crippen LogP contribution in [0.15, 0.2) is 16.1 Å². The summed E-state index contributed by atoms with van der Waals surface area (Å²) in [5.41, 5.74) is 2.56. The van der Waals surface area contributed by atoms with E-state index in [0.717, 1.165) is 36.9 Å². The molecule has 0 bridgehead atoms. The summed E-state index contributed by atoms with van der Waals surface area (Å²) in [5, 5.41) is 11.1. The first kappa shape index (κ1) is 21.1. The molecule has 2 amide bonds. The van der Waals surface area contributed by atoms with Crippen molar-refractivity contribution in [2.24, 2.45) is 28.9 Å². The highest BCUT2D eigenvalue weighted by Gasteiger charge is 2.34. The standard InChI is InChI=1S/C23H28N6O2S.H2/c1-13-9-19(29(2)28-13)26-12-25-16-7-8-18-17(10-16)20(22(31)24-11-14-3-4-14)23(32-18)27-21(30)15-5-6-15;/h9,14-16H,3-8,10-11H2,1-2H3,(H,24,31)(H,27,30);1H/t16-;/m0./s1. The molecule has 0 radical (unpaired) electrons. The topological polar surface area (TPSA) is 101 Å². The van der Waals surface area contributed by atoms with Crippen molar-refractivity contribution in [1.82, 2.24) is 15.1 Å². The van der Waals surface area contributed by atoms with Gasteiger partial charge in [-0.2, -0.15) is 10.1 Å². The fraction of sp³-hybridized carbons (Fsp3) is 0.565. The summed E-state index contributed by atoms with van der Waals surface area (Å²) < 4.78 is 1.70. The fourth-order valence-electron chi connectivity index (χ4n) is 4.07. The number of nitrogens with zero attached hydrogens (tertiary/aromatic N) is 4. The van der Waals surface area contributed by atoms with Gasteiger partial charge in [0.15, 0.2) is 5.82 Å². The minimum absolute atomic E-state index is 0. The van der Waals surface area contributed by atoms with Crippen molar-refractivity contribution < 1.29 is 11.0 Å². The number of aromatic nitrogens is 2. The predicted octanol–water partition coefficient (Wildman–Crippen LogP) is 3.89. The van der Waals surface area contributed by atoms with Crippen LogP contribution >= 0.6 is 11.3 Å². The average molecular weight is 455 g/mol. The number of hydrogen-bond acceptors (Lipinski definition) is 6. The Morgan fingerprint density at radius 2 is 2.12 bits per heavy atom. The van der Waals surface area contributed by atoms with Crippen molar-refractivity contribution in [1.29, 1.82) is 0 Å². The van der Waals surface area contributed by atoms with Gasteiger partial charge in [-0.25, -0.2) is 4.99 Å². The SMILES string of the molecule is Cc1cc(N=C=N[C@H]2CCc3sc(NC(=O)C4CC4)c(C(=O)NCC4CC4)c3C2)n(C)n1.[HH]. The minimum atomic E-state index is -0.0795. The summed E-state index contributed by atoms with van der Waals surface area (Å²) in [6, 6.07) is 4.74. The van der Waals surface area contributed by atoms with Gasteiger partial charge in [0.1, 0.15) is 5.00 Å². The molecule has 5 rings (SSSR count). The molecule has 0 saturated heterocycles. The van der Waals surface area contributed by atoms with Crippen LogP contribution in [0, 0.1) is 18.8 Å². The van der Waals surface area contributed by atoms with Crippen LogP contribution in [-0.4, -0.2) is 40.2 Å². The van der Waals surface area contributed by atoms with E-state index in [0.29, 0.717) is 35.3 Å². The molecule has 170 valence electrons. The molecule has 0 spiro atoms. The van der Waals surface area contributed by atoms with Gasteiger partial charge < -0.3 is 10.6 Å². The first-order chi connectivity index (χ1) is 15.5. The zero-order valence-electron chi connectivity index (χ0n) is 18.5. The highest BCUT2D eigenvalue weighted by Crippen LogP contribution is 2.40. The first-order valence-corrected chi connectivity index (χ1v) is 12.2. The maximum Gasteiger partial charge on any atom is 0.254 e. The fourth-order valence-corrected chi connectivity index (χ4v) is 5.32. The van der Waals surface area contributed by atoms with Gasteiger partial charge in [0, 0.05) is 31.9 Å². The number of anilines is 1. The third-order valence-electron chi connectivity index (χ3n) is 6.28. The molecule has 1 atom stereocenters. The number of aryl methyl sites for hydroxylation is 3. The molecule has 2 heterocycles. The molecule has 9 heteroatoms. The number of fused-ring (bicyclic) bond motifs is 1. The smallest absolute Gasteiger partial charge is 0.254 e. The molecule has 0 unspecified atom stereocenters. The van der Waals surface area contributed by atoms with Gasteiger partial charge in [-0.15, -0.1) is 11.3 Å². The van der Waals surface area contributed by atoms with E-state index in [1.807, 2.05) is 20.0 Å². The quantitative estimate of drug-likeness (QED) is 0.621. The Hall–Kier alpha value is -2.77. The molecule has 32 heavy (non-hydrogen) atoms. The Morgan fingerprint density at radius 1 is 1.31 bits per heavy atom. The Morgan fingerprint density at radius 3 is 2.81 bits per heavy atom. The molecule has 2 fully saturated rings. The van der Waals surface area contributed by atoms with E-state index in [1.165, 1.54) is 17.7 Å². The lowest BCUT2D eigenvalue weighted by molar-refractivity contribution is -0.117. The number of rotatable bonds is 7. The van der Waals surface area contributed by atoms with E-state index in [1.54, 1.807) is 16.0 Å². The molecule has 3 aliphatic carbocycles. The highest BCUT2D eigenvalue weighted by molar-refractivity contribution is 7.17. The van der Waals surface area contributed by atoms with Gasteiger partial charge >= 0.3 is 0 Å². The van der Waals surface area contributed by atoms with Crippen LogP contribution in [0.2, 0.25) is 0 Å². The van der Waals surface area contributed by atoms with Crippen molar-refractivity contribution in [3.8, 4) is 0 Å². The van der Waals surface area contributed by atoms with Gasteiger partial charge in [0.2, 0.25) is 5.91 Å². The van der Waals surface area contributed by atoms with Crippen LogP contribution in [0.1, 0.15) is 60.0 Å². The number of carbonyl (C=O) groups excluding carboxylic acids is 2. The zero-order valence-corrected chi connectivity index (χ0v) is 19.3. The Kier molecular flexibility index (Phi) is 5.69. The van der Waals surface area contributed by atoms with E-state index in [9.17, 15) is 9.59 Å². The second-order valence-electron chi connectivity index (χ2n) is 9.13. The summed E-state index contributed by atoms with van der Waals surface area (Å²) in [4.78, 5) is 35.6. The van der Waals surface area contributed by atoms with Crippen molar-refractivity contribution in [2.75, 3.05) is 11.9 Å². The van der Waals surface area contributed by atoms with Gasteiger partial charge in [-0.05, 0) is 63.4 Å². The van der Waals surface area contributed by atoms with E-state index < -0.39 is 0 Å². The number of carbonyl (C=O) groups is 2. The third-order valence-corrected chi connectivity index (χ3v) is 7.48. The summed E-state index contributed by atoms with van der Waals surface area (Å²) in [6.07, 6.45) is 6.60. The lowest BCUT2D eigenvalue weighted by atomic mass is 9.91. The summed E-state index contributed by atoms with van der Waals surface area (Å²) in [6.45, 7) is 2.63. The average Bonchev–Trinajstić information content (AvgIpc) is 3.67. The zero-order chi connectivity index (χ0) is 22.2. The van der Waals surface area contributed by atoms with E-state index in [2.05, 4.69) is 31.7 Å². The Bertz CT molecular complexity index is 1120. The van der Waals surface area contributed by atoms with Gasteiger partial charge in [-0.1, -0.05) is 0 Å². The molecular weight excluding hydrogens is 424 g/mol. The van der Waals surface area contributed by atoms with Gasteiger partial charge in [0.25, 0.3) is 5.91 Å². The largest absolute Gasteiger partial charge is 0.352 e. The Balaban J connectivity index is 0.00000259. The number of thiophene rings is 1. The molecule has 2 aromatic heterocycles. The molecule has 8 nitrogen and oxygen atoms in total. The van der Waals surface area contributed by atoms with Crippen LogP contribution in [0.5, 0.6) is 0 Å². The Labute approximate surface area is 192 Å². The normalized spacial score (nSPS) is 19.6. The number of aliphatic imine (C=N–C) groups is 2. The molecule has 2 N–H and O–H groups in total. The van der Waals surface area contributed by atoms with Gasteiger partial charge in [-0.3, -0.25) is 14.3 Å². The monoisotopic (exact) mass is 454 g/mol. The van der Waals surface area contributed by atoms with Crippen molar-refractivity contribution >= 4 is 40.0 Å².